The predicted octanol–water partition coefficient (Wildman–Crippen LogP) is 2.77. The van der Waals surface area contributed by atoms with Crippen molar-refractivity contribution in [3.63, 3.8) is 0 Å². The quantitative estimate of drug-likeness (QED) is 0.730. The average molecular weight is 401 g/mol. The van der Waals surface area contributed by atoms with Crippen LogP contribution >= 0.6 is 11.6 Å². The number of nitrogens with zero attached hydrogens (tertiary/aromatic N) is 3. The van der Waals surface area contributed by atoms with E-state index >= 15 is 0 Å². The molecule has 1 saturated heterocycles. The van der Waals surface area contributed by atoms with Crippen LogP contribution in [0, 0.1) is 0 Å². The minimum absolute atomic E-state index is 0.0109. The van der Waals surface area contributed by atoms with Crippen LogP contribution in [0.25, 0.3) is 0 Å². The Morgan fingerprint density at radius 1 is 1.18 bits per heavy atom. The monoisotopic (exact) mass is 400 g/mol. The van der Waals surface area contributed by atoms with Gasteiger partial charge in [-0.1, -0.05) is 11.6 Å². The van der Waals surface area contributed by atoms with Crippen molar-refractivity contribution in [1.29, 1.82) is 0 Å². The summed E-state index contributed by atoms with van der Waals surface area (Å²) in [7, 11) is 0. The minimum atomic E-state index is -0.755. The van der Waals surface area contributed by atoms with Crippen molar-refractivity contribution in [3.05, 3.63) is 34.9 Å². The lowest BCUT2D eigenvalue weighted by molar-refractivity contribution is -0.123. The Morgan fingerprint density at radius 2 is 1.89 bits per heavy atom. The van der Waals surface area contributed by atoms with Gasteiger partial charge in [0.1, 0.15) is 11.6 Å². The van der Waals surface area contributed by atoms with E-state index in [1.165, 1.54) is 6.42 Å². The van der Waals surface area contributed by atoms with E-state index in [1.807, 2.05) is 0 Å². The summed E-state index contributed by atoms with van der Waals surface area (Å²) in [6.45, 7) is 1.71. The maximum Gasteiger partial charge on any atom is 0.232 e. The Kier molecular flexibility index (Phi) is 5.04. The number of piperidine rings is 1. The molecule has 0 unspecified atom stereocenters. The Morgan fingerprint density at radius 3 is 2.61 bits per heavy atom. The summed E-state index contributed by atoms with van der Waals surface area (Å²) >= 11 is 5.88. The standard InChI is InChI=1S/C19H21ClN6O2/c20-11-4-6-12(7-5-11)22-18(28)13-10-14(27)23-17-15(13)16(21)24-19(25-17)26-8-2-1-3-9-26/h4-7,13H,1-3,8-10H2,(H,22,28)(H3,21,23,24,25,27)/t13-/m0/s1. The Hall–Kier alpha value is -2.87. The summed E-state index contributed by atoms with van der Waals surface area (Å²) in [5.74, 6) is -0.321. The fourth-order valence-corrected chi connectivity index (χ4v) is 3.73. The van der Waals surface area contributed by atoms with Gasteiger partial charge in [-0.3, -0.25) is 9.59 Å². The number of nitrogen functional groups attached to an aromatic ring is 1. The number of benzene rings is 1. The molecule has 0 bridgehead atoms. The highest BCUT2D eigenvalue weighted by molar-refractivity contribution is 6.30. The summed E-state index contributed by atoms with van der Waals surface area (Å²) in [6, 6.07) is 6.76. The van der Waals surface area contributed by atoms with Crippen LogP contribution in [0.15, 0.2) is 24.3 Å². The number of carbonyl (C=O) groups excluding carboxylic acids is 2. The van der Waals surface area contributed by atoms with Crippen molar-refractivity contribution in [2.24, 2.45) is 0 Å². The number of rotatable bonds is 3. The molecule has 1 aromatic carbocycles. The molecule has 2 aromatic rings. The van der Waals surface area contributed by atoms with Gasteiger partial charge in [0.05, 0.1) is 11.5 Å². The van der Waals surface area contributed by atoms with Gasteiger partial charge >= 0.3 is 0 Å². The largest absolute Gasteiger partial charge is 0.383 e. The molecular formula is C19H21ClN6O2. The molecule has 4 rings (SSSR count). The van der Waals surface area contributed by atoms with Gasteiger partial charge in [0.15, 0.2) is 0 Å². The lowest BCUT2D eigenvalue weighted by Gasteiger charge is -2.30. The molecular weight excluding hydrogens is 380 g/mol. The minimum Gasteiger partial charge on any atom is -0.383 e. The molecule has 4 N–H and O–H groups in total. The third kappa shape index (κ3) is 3.73. The lowest BCUT2D eigenvalue weighted by Crippen LogP contribution is -2.35. The zero-order valence-electron chi connectivity index (χ0n) is 15.2. The molecule has 8 nitrogen and oxygen atoms in total. The number of aromatic nitrogens is 2. The number of amides is 2. The summed E-state index contributed by atoms with van der Waals surface area (Å²) < 4.78 is 0. The molecule has 0 radical (unpaired) electrons. The second kappa shape index (κ2) is 7.63. The fraction of sp³-hybridized carbons (Fsp3) is 0.368. The highest BCUT2D eigenvalue weighted by atomic mass is 35.5. The summed E-state index contributed by atoms with van der Waals surface area (Å²) in [5.41, 5.74) is 7.26. The number of halogens is 1. The van der Waals surface area contributed by atoms with Gasteiger partial charge in [-0.25, -0.2) is 0 Å². The molecule has 0 aliphatic carbocycles. The van der Waals surface area contributed by atoms with E-state index in [0.717, 1.165) is 25.9 Å². The number of hydrogen-bond acceptors (Lipinski definition) is 6. The van der Waals surface area contributed by atoms with Crippen LogP contribution in [0.4, 0.5) is 23.3 Å². The molecule has 146 valence electrons. The Bertz CT molecular complexity index is 911. The van der Waals surface area contributed by atoms with E-state index in [-0.39, 0.29) is 24.1 Å². The SMILES string of the molecule is Nc1nc(N2CCCCC2)nc2c1[C@@H](C(=O)Nc1ccc(Cl)cc1)CC(=O)N2. The first kappa shape index (κ1) is 18.5. The van der Waals surface area contributed by atoms with Crippen LogP contribution in [0.3, 0.4) is 0 Å². The Balaban J connectivity index is 1.63. The molecule has 28 heavy (non-hydrogen) atoms. The first-order valence-electron chi connectivity index (χ1n) is 9.30. The fourth-order valence-electron chi connectivity index (χ4n) is 3.61. The summed E-state index contributed by atoms with van der Waals surface area (Å²) in [4.78, 5) is 36.1. The number of hydrogen-bond donors (Lipinski definition) is 3. The molecule has 1 atom stereocenters. The zero-order chi connectivity index (χ0) is 19.7. The van der Waals surface area contributed by atoms with Gasteiger partial charge in [0.25, 0.3) is 0 Å². The van der Waals surface area contributed by atoms with E-state index in [0.29, 0.717) is 28.0 Å². The van der Waals surface area contributed by atoms with Crippen molar-refractivity contribution < 1.29 is 9.59 Å². The third-order valence-corrected chi connectivity index (χ3v) is 5.28. The highest BCUT2D eigenvalue weighted by Crippen LogP contribution is 2.37. The van der Waals surface area contributed by atoms with E-state index in [1.54, 1.807) is 24.3 Å². The highest BCUT2D eigenvalue weighted by Gasteiger charge is 2.35. The van der Waals surface area contributed by atoms with Crippen molar-refractivity contribution in [3.8, 4) is 0 Å². The van der Waals surface area contributed by atoms with Crippen LogP contribution in [-0.4, -0.2) is 34.9 Å². The van der Waals surface area contributed by atoms with Gasteiger partial charge in [0, 0.05) is 30.2 Å². The molecule has 2 amide bonds. The van der Waals surface area contributed by atoms with Gasteiger partial charge in [-0.05, 0) is 43.5 Å². The van der Waals surface area contributed by atoms with Crippen LogP contribution in [0.5, 0.6) is 0 Å². The molecule has 1 fully saturated rings. The normalized spacial score (nSPS) is 19.0. The van der Waals surface area contributed by atoms with Gasteiger partial charge in [-0.2, -0.15) is 9.97 Å². The maximum atomic E-state index is 12.9. The number of nitrogens with one attached hydrogen (secondary N) is 2. The lowest BCUT2D eigenvalue weighted by atomic mass is 9.92. The van der Waals surface area contributed by atoms with Crippen molar-refractivity contribution >= 4 is 46.7 Å². The van der Waals surface area contributed by atoms with E-state index in [4.69, 9.17) is 17.3 Å². The number of anilines is 4. The van der Waals surface area contributed by atoms with Crippen LogP contribution < -0.4 is 21.3 Å². The van der Waals surface area contributed by atoms with E-state index < -0.39 is 5.92 Å². The second-order valence-corrected chi connectivity index (χ2v) is 7.46. The number of carbonyl (C=O) groups is 2. The second-order valence-electron chi connectivity index (χ2n) is 7.02. The molecule has 3 heterocycles. The first-order chi connectivity index (χ1) is 13.5. The van der Waals surface area contributed by atoms with Gasteiger partial charge in [-0.15, -0.1) is 0 Å². The third-order valence-electron chi connectivity index (χ3n) is 5.03. The topological polar surface area (TPSA) is 113 Å². The van der Waals surface area contributed by atoms with Crippen LogP contribution in [-0.2, 0) is 9.59 Å². The van der Waals surface area contributed by atoms with Crippen molar-refractivity contribution in [1.82, 2.24) is 9.97 Å². The summed E-state index contributed by atoms with van der Waals surface area (Å²) in [6.07, 6.45) is 3.31. The Labute approximate surface area is 167 Å². The predicted molar refractivity (Wildman–Crippen MR) is 109 cm³/mol. The maximum absolute atomic E-state index is 12.9. The molecule has 2 aliphatic rings. The molecule has 0 saturated carbocycles. The van der Waals surface area contributed by atoms with Gasteiger partial charge in [0.2, 0.25) is 17.8 Å². The summed E-state index contributed by atoms with van der Waals surface area (Å²) in [5, 5.41) is 6.12. The smallest absolute Gasteiger partial charge is 0.232 e. The van der Waals surface area contributed by atoms with Crippen LogP contribution in [0.1, 0.15) is 37.2 Å². The number of nitrogens with two attached hydrogens (primary N) is 1. The molecule has 2 aliphatic heterocycles. The number of fused-ring (bicyclic) bond motifs is 1. The molecule has 1 aromatic heterocycles. The zero-order valence-corrected chi connectivity index (χ0v) is 16.0. The van der Waals surface area contributed by atoms with Crippen molar-refractivity contribution in [2.45, 2.75) is 31.6 Å². The molecule has 9 heteroatoms. The van der Waals surface area contributed by atoms with E-state index in [2.05, 4.69) is 25.5 Å². The average Bonchev–Trinajstić information content (AvgIpc) is 2.69. The molecule has 0 spiro atoms. The van der Waals surface area contributed by atoms with E-state index in [9.17, 15) is 9.59 Å². The van der Waals surface area contributed by atoms with Crippen LogP contribution in [0.2, 0.25) is 5.02 Å². The van der Waals surface area contributed by atoms with Gasteiger partial charge < -0.3 is 21.3 Å². The first-order valence-corrected chi connectivity index (χ1v) is 9.67. The van der Waals surface area contributed by atoms with Crippen molar-refractivity contribution in [2.75, 3.05) is 34.4 Å².